The molecule has 1 aliphatic heterocycles. The highest BCUT2D eigenvalue weighted by atomic mass is 35.5. The van der Waals surface area contributed by atoms with E-state index in [0.717, 1.165) is 17.2 Å². The fraction of sp³-hybridized carbons (Fsp3) is 0.333. The van der Waals surface area contributed by atoms with Crippen molar-refractivity contribution in [3.63, 3.8) is 0 Å². The second-order valence-corrected chi connectivity index (χ2v) is 6.99. The van der Waals surface area contributed by atoms with E-state index in [1.807, 2.05) is 0 Å². The number of nitrogens with zero attached hydrogens (tertiary/aromatic N) is 3. The van der Waals surface area contributed by atoms with E-state index in [2.05, 4.69) is 15.3 Å². The Bertz CT molecular complexity index is 955. The maximum absolute atomic E-state index is 13.5. The molecule has 0 unspecified atom stereocenters. The summed E-state index contributed by atoms with van der Waals surface area (Å²) in [6, 6.07) is 2.35. The number of nitrogens with one attached hydrogen (secondary N) is 1. The van der Waals surface area contributed by atoms with Gasteiger partial charge in [-0.25, -0.2) is 9.18 Å². The van der Waals surface area contributed by atoms with Gasteiger partial charge >= 0.3 is 12.3 Å². The first-order chi connectivity index (χ1) is 14.1. The zero-order chi connectivity index (χ0) is 22.1. The number of hydrogen-bond acceptors (Lipinski definition) is 4. The second-order valence-electron chi connectivity index (χ2n) is 6.59. The van der Waals surface area contributed by atoms with Crippen LogP contribution in [-0.2, 0) is 17.5 Å². The minimum atomic E-state index is -4.57. The van der Waals surface area contributed by atoms with E-state index in [1.54, 1.807) is 0 Å². The van der Waals surface area contributed by atoms with Crippen LogP contribution < -0.4 is 5.32 Å². The van der Waals surface area contributed by atoms with Crippen molar-refractivity contribution < 1.29 is 32.3 Å². The highest BCUT2D eigenvalue weighted by Crippen LogP contribution is 2.31. The van der Waals surface area contributed by atoms with Gasteiger partial charge < -0.3 is 10.4 Å². The molecule has 0 bridgehead atoms. The van der Waals surface area contributed by atoms with Crippen LogP contribution in [0.4, 0.5) is 22.4 Å². The van der Waals surface area contributed by atoms with E-state index in [-0.39, 0.29) is 24.5 Å². The van der Waals surface area contributed by atoms with Crippen molar-refractivity contribution in [1.29, 1.82) is 0 Å². The predicted octanol–water partition coefficient (Wildman–Crippen LogP) is 3.52. The molecule has 0 saturated carbocycles. The average molecular weight is 447 g/mol. The first-order valence-corrected chi connectivity index (χ1v) is 9.03. The average Bonchev–Trinajstić information content (AvgIpc) is 3.09. The van der Waals surface area contributed by atoms with E-state index < -0.39 is 36.1 Å². The number of carbonyl (C=O) groups excluding carboxylic acids is 1. The Morgan fingerprint density at radius 2 is 2.00 bits per heavy atom. The fourth-order valence-electron chi connectivity index (χ4n) is 3.06. The first kappa shape index (κ1) is 21.8. The molecule has 12 heteroatoms. The van der Waals surface area contributed by atoms with E-state index in [0.29, 0.717) is 16.8 Å². The van der Waals surface area contributed by atoms with Crippen LogP contribution >= 0.6 is 11.6 Å². The molecular formula is C18H15ClF4N4O3. The molecule has 1 aliphatic rings. The third kappa shape index (κ3) is 4.78. The number of carboxylic acid groups (broad SMARTS) is 1. The lowest BCUT2D eigenvalue weighted by atomic mass is 10.1. The van der Waals surface area contributed by atoms with Crippen LogP contribution in [-0.4, -0.2) is 50.7 Å². The van der Waals surface area contributed by atoms with E-state index in [1.165, 1.54) is 18.3 Å². The highest BCUT2D eigenvalue weighted by Gasteiger charge is 2.39. The number of likely N-dealkylation sites (tertiary alicyclic amines) is 1. The second kappa shape index (κ2) is 8.42. The maximum atomic E-state index is 13.5. The van der Waals surface area contributed by atoms with E-state index in [4.69, 9.17) is 16.7 Å². The van der Waals surface area contributed by atoms with Crippen LogP contribution in [0.25, 0.3) is 11.1 Å². The Morgan fingerprint density at radius 1 is 1.27 bits per heavy atom. The minimum absolute atomic E-state index is 0.113. The molecule has 3 rings (SSSR count). The summed E-state index contributed by atoms with van der Waals surface area (Å²) in [5, 5.41) is 11.7. The van der Waals surface area contributed by atoms with Crippen molar-refractivity contribution in [1.82, 2.24) is 20.2 Å². The molecule has 160 valence electrons. The van der Waals surface area contributed by atoms with Gasteiger partial charge in [0.25, 0.3) is 0 Å². The zero-order valence-electron chi connectivity index (χ0n) is 15.2. The summed E-state index contributed by atoms with van der Waals surface area (Å²) >= 11 is 6.08. The molecule has 30 heavy (non-hydrogen) atoms. The van der Waals surface area contributed by atoms with Crippen LogP contribution in [0.2, 0.25) is 5.02 Å². The Morgan fingerprint density at radius 3 is 2.60 bits per heavy atom. The third-order valence-electron chi connectivity index (χ3n) is 4.52. The molecule has 0 aliphatic carbocycles. The molecule has 0 aromatic carbocycles. The van der Waals surface area contributed by atoms with Gasteiger partial charge in [-0.15, -0.1) is 0 Å². The lowest BCUT2D eigenvalue weighted by Gasteiger charge is -2.20. The predicted molar refractivity (Wildman–Crippen MR) is 97.4 cm³/mol. The van der Waals surface area contributed by atoms with Crippen molar-refractivity contribution in [2.45, 2.75) is 31.4 Å². The van der Waals surface area contributed by atoms with Crippen molar-refractivity contribution >= 4 is 23.6 Å². The quantitative estimate of drug-likeness (QED) is 0.701. The summed E-state index contributed by atoms with van der Waals surface area (Å²) in [6.45, 7) is -0.490. The van der Waals surface area contributed by atoms with Crippen molar-refractivity contribution in [2.24, 2.45) is 0 Å². The van der Waals surface area contributed by atoms with Crippen LogP contribution in [0.1, 0.15) is 17.8 Å². The summed E-state index contributed by atoms with van der Waals surface area (Å²) in [5.74, 6) is -0.674. The third-order valence-corrected chi connectivity index (χ3v) is 4.82. The molecule has 1 saturated heterocycles. The molecule has 2 aromatic rings. The zero-order valence-corrected chi connectivity index (χ0v) is 15.9. The summed E-state index contributed by atoms with van der Waals surface area (Å²) in [7, 11) is 0. The molecular weight excluding hydrogens is 432 g/mol. The van der Waals surface area contributed by atoms with E-state index in [9.17, 15) is 27.2 Å². The maximum Gasteiger partial charge on any atom is 0.433 e. The number of rotatable bonds is 4. The van der Waals surface area contributed by atoms with Gasteiger partial charge in [0.05, 0.1) is 23.8 Å². The molecule has 3 heterocycles. The lowest BCUT2D eigenvalue weighted by Crippen LogP contribution is -2.45. The first-order valence-electron chi connectivity index (χ1n) is 8.65. The molecule has 2 atom stereocenters. The van der Waals surface area contributed by atoms with Gasteiger partial charge in [0.15, 0.2) is 0 Å². The number of pyridine rings is 2. The van der Waals surface area contributed by atoms with Gasteiger partial charge in [0, 0.05) is 29.9 Å². The highest BCUT2D eigenvalue weighted by molar-refractivity contribution is 6.33. The molecule has 0 radical (unpaired) electrons. The Kier molecular flexibility index (Phi) is 6.11. The Balaban J connectivity index is 1.73. The monoisotopic (exact) mass is 446 g/mol. The standard InChI is InChI=1S/C18H15ClF4N4O3/c19-13-7-24-11(4-12(13)9-1-2-15(25-5-9)18(21,22)23)6-26-16(28)14-3-10(20)8-27(14)17(29)30/h1-2,4-5,7,10,14H,3,6,8H2,(H,26,28)(H,29,30)/t10-,14+/m1/s1. The fourth-order valence-corrected chi connectivity index (χ4v) is 3.27. The van der Waals surface area contributed by atoms with Gasteiger partial charge in [-0.3, -0.25) is 19.7 Å². The van der Waals surface area contributed by atoms with Gasteiger partial charge in [-0.2, -0.15) is 13.2 Å². The number of aromatic nitrogens is 2. The Hall–Kier alpha value is -2.95. The van der Waals surface area contributed by atoms with Crippen LogP contribution in [0, 0.1) is 0 Å². The summed E-state index contributed by atoms with van der Waals surface area (Å²) in [5.41, 5.74) is -0.0565. The molecule has 0 spiro atoms. The minimum Gasteiger partial charge on any atom is -0.465 e. The molecule has 1 fully saturated rings. The molecule has 2 N–H and O–H groups in total. The largest absolute Gasteiger partial charge is 0.465 e. The van der Waals surface area contributed by atoms with Gasteiger partial charge in [0.1, 0.15) is 17.9 Å². The number of alkyl halides is 4. The number of halogens is 5. The smallest absolute Gasteiger partial charge is 0.433 e. The molecule has 7 nitrogen and oxygen atoms in total. The summed E-state index contributed by atoms with van der Waals surface area (Å²) in [4.78, 5) is 31.6. The van der Waals surface area contributed by atoms with Crippen LogP contribution in [0.15, 0.2) is 30.6 Å². The van der Waals surface area contributed by atoms with Gasteiger partial charge in [0.2, 0.25) is 5.91 Å². The van der Waals surface area contributed by atoms with Crippen LogP contribution in [0.5, 0.6) is 0 Å². The summed E-state index contributed by atoms with van der Waals surface area (Å²) < 4.78 is 51.5. The number of hydrogen-bond donors (Lipinski definition) is 2. The van der Waals surface area contributed by atoms with Gasteiger partial charge in [-0.05, 0) is 12.1 Å². The topological polar surface area (TPSA) is 95.4 Å². The lowest BCUT2D eigenvalue weighted by molar-refractivity contribution is -0.141. The van der Waals surface area contributed by atoms with Crippen molar-refractivity contribution in [3.8, 4) is 11.1 Å². The van der Waals surface area contributed by atoms with Gasteiger partial charge in [-0.1, -0.05) is 17.7 Å². The molecule has 2 amide bonds. The van der Waals surface area contributed by atoms with Crippen molar-refractivity contribution in [2.75, 3.05) is 6.54 Å². The molecule has 2 aromatic heterocycles. The van der Waals surface area contributed by atoms with Crippen LogP contribution in [0.3, 0.4) is 0 Å². The normalized spacial score (nSPS) is 19.0. The number of amides is 2. The Labute approximate surface area is 172 Å². The van der Waals surface area contributed by atoms with E-state index >= 15 is 0 Å². The summed E-state index contributed by atoms with van der Waals surface area (Å²) in [6.07, 6.45) is -5.33. The van der Waals surface area contributed by atoms with Crippen molar-refractivity contribution in [3.05, 3.63) is 47.0 Å². The number of carbonyl (C=O) groups is 2. The SMILES string of the molecule is O=C(NCc1cc(-c2ccc(C(F)(F)F)nc2)c(Cl)cn1)[C@@H]1C[C@@H](F)CN1C(=O)O.